The normalized spacial score (nSPS) is 28.3. The highest BCUT2D eigenvalue weighted by Gasteiger charge is 2.25. The zero-order chi connectivity index (χ0) is 5.33. The molecule has 0 aromatic heterocycles. The van der Waals surface area contributed by atoms with Crippen LogP contribution in [0.15, 0.2) is 0 Å². The third-order valence-corrected chi connectivity index (χ3v) is 2.89. The van der Waals surface area contributed by atoms with Crippen molar-refractivity contribution < 1.29 is 0 Å². The molecular weight excluding hydrogens is 316 g/mol. The third-order valence-electron chi connectivity index (χ3n) is 1.05. The molecule has 1 heterocycles. The van der Waals surface area contributed by atoms with Crippen molar-refractivity contribution in [3.8, 4) is 0 Å². The van der Waals surface area contributed by atoms with Crippen molar-refractivity contribution in [3.63, 3.8) is 0 Å². The zero-order valence-corrected chi connectivity index (χ0v) is 8.19. The summed E-state index contributed by atoms with van der Waals surface area (Å²) in [6.07, 6.45) is 1.31. The second-order valence-corrected chi connectivity index (χ2v) is 7.98. The lowest BCUT2D eigenvalue weighted by atomic mass is 10.4. The minimum atomic E-state index is 0.523. The van der Waals surface area contributed by atoms with Gasteiger partial charge in [0.25, 0.3) is 0 Å². The maximum Gasteiger partial charge on any atom is 0.0870 e. The molecule has 0 saturated carbocycles. The van der Waals surface area contributed by atoms with Gasteiger partial charge in [-0.25, -0.2) is 0 Å². The Hall–Kier alpha value is 1.42. The first kappa shape index (κ1) is 6.54. The van der Waals surface area contributed by atoms with Gasteiger partial charge in [0.1, 0.15) is 0 Å². The van der Waals surface area contributed by atoms with Crippen LogP contribution in [0, 0.1) is 0 Å². The first-order valence-corrected chi connectivity index (χ1v) is 4.45. The summed E-state index contributed by atoms with van der Waals surface area (Å²) in [5.74, 6) is 0. The van der Waals surface area contributed by atoms with Gasteiger partial charge in [0.05, 0.1) is 1.43 Å². The molecule has 3 heteroatoms. The van der Waals surface area contributed by atoms with Crippen LogP contribution in [0.2, 0.25) is 0 Å². The lowest BCUT2D eigenvalue weighted by Crippen LogP contribution is -2.14. The highest BCUT2D eigenvalue weighted by molar-refractivity contribution is 14.2. The van der Waals surface area contributed by atoms with E-state index in [4.69, 9.17) is 0 Å². The van der Waals surface area contributed by atoms with Crippen molar-refractivity contribution in [1.29, 1.82) is 0 Å². The average molecular weight is 323 g/mol. The van der Waals surface area contributed by atoms with Gasteiger partial charge >= 0.3 is 0 Å². The molecule has 0 aromatic rings. The summed E-state index contributed by atoms with van der Waals surface area (Å²) in [6.45, 7) is 2.38. The molecule has 1 fully saturated rings. The second-order valence-electron chi connectivity index (χ2n) is 1.78. The fourth-order valence-electron chi connectivity index (χ4n) is 0.631. The van der Waals surface area contributed by atoms with E-state index >= 15 is 0 Å². The summed E-state index contributed by atoms with van der Waals surface area (Å²) < 4.78 is 0.523. The number of halogens is 2. The molecular formula is C4H7I2N. The molecule has 0 aliphatic carbocycles. The monoisotopic (exact) mass is 323 g/mol. The number of hydrogen-bond donors (Lipinski definition) is 1. The van der Waals surface area contributed by atoms with Crippen molar-refractivity contribution in [2.45, 2.75) is 7.85 Å². The number of nitrogens with one attached hydrogen (secondary N) is 1. The Labute approximate surface area is 70.9 Å². The van der Waals surface area contributed by atoms with Crippen LogP contribution in [-0.2, 0) is 0 Å². The Morgan fingerprint density at radius 2 is 2.14 bits per heavy atom. The van der Waals surface area contributed by atoms with Gasteiger partial charge in [-0.05, 0) is 13.0 Å². The Balaban J connectivity index is 2.40. The molecule has 0 spiro atoms. The Kier molecular flexibility index (Phi) is 2.19. The summed E-state index contributed by atoms with van der Waals surface area (Å²) in [4.78, 5) is 0. The van der Waals surface area contributed by atoms with Gasteiger partial charge in [0.15, 0.2) is 0 Å². The smallest absolute Gasteiger partial charge is 0.0870 e. The molecule has 1 saturated heterocycles. The Bertz CT molecular complexity index is 64.1. The number of hydrogen-bond acceptors (Lipinski definition) is 1. The average Bonchev–Trinajstić information content (AvgIpc) is 1.84. The maximum absolute atomic E-state index is 3.30. The predicted octanol–water partition coefficient (Wildman–Crippen LogP) is 1.55. The molecule has 1 nitrogen and oxygen atoms in total. The van der Waals surface area contributed by atoms with Gasteiger partial charge in [0, 0.05) is 6.54 Å². The Morgan fingerprint density at radius 1 is 1.43 bits per heavy atom. The van der Waals surface area contributed by atoms with E-state index in [1.807, 2.05) is 0 Å². The van der Waals surface area contributed by atoms with Crippen LogP contribution in [0.5, 0.6) is 0 Å². The first-order chi connectivity index (χ1) is 3.21. The molecule has 0 aromatic carbocycles. The van der Waals surface area contributed by atoms with Gasteiger partial charge < -0.3 is 5.32 Å². The fraction of sp³-hybridized carbons (Fsp3) is 1.00. The SMILES string of the molecule is IC1(I)CCNC1. The standard InChI is InChI=1S/C4H7I2N/c5-4(6)1-2-7-3-4/h7H,1-3H2. The number of alkyl halides is 2. The van der Waals surface area contributed by atoms with Crippen molar-refractivity contribution in [3.05, 3.63) is 0 Å². The summed E-state index contributed by atoms with van der Waals surface area (Å²) in [7, 11) is 0. The fourth-order valence-corrected chi connectivity index (χ4v) is 1.71. The van der Waals surface area contributed by atoms with E-state index in [1.54, 1.807) is 0 Å². The van der Waals surface area contributed by atoms with E-state index in [2.05, 4.69) is 50.5 Å². The highest BCUT2D eigenvalue weighted by Crippen LogP contribution is 2.33. The molecule has 0 atom stereocenters. The summed E-state index contributed by atoms with van der Waals surface area (Å²) in [5, 5.41) is 3.30. The molecule has 0 unspecified atom stereocenters. The lowest BCUT2D eigenvalue weighted by Gasteiger charge is -2.07. The number of rotatable bonds is 0. The van der Waals surface area contributed by atoms with E-state index < -0.39 is 0 Å². The van der Waals surface area contributed by atoms with Gasteiger partial charge in [-0.2, -0.15) is 0 Å². The predicted molar refractivity (Wildman–Crippen MR) is 48.3 cm³/mol. The Morgan fingerprint density at radius 3 is 2.29 bits per heavy atom. The van der Waals surface area contributed by atoms with Crippen LogP contribution in [0.25, 0.3) is 0 Å². The maximum atomic E-state index is 3.30. The lowest BCUT2D eigenvalue weighted by molar-refractivity contribution is 0.859. The van der Waals surface area contributed by atoms with Crippen molar-refractivity contribution in [2.75, 3.05) is 13.1 Å². The molecule has 0 bridgehead atoms. The minimum absolute atomic E-state index is 0.523. The zero-order valence-electron chi connectivity index (χ0n) is 3.88. The van der Waals surface area contributed by atoms with E-state index in [1.165, 1.54) is 19.5 Å². The van der Waals surface area contributed by atoms with E-state index in [9.17, 15) is 0 Å². The summed E-state index contributed by atoms with van der Waals surface area (Å²) >= 11 is 4.98. The van der Waals surface area contributed by atoms with Gasteiger partial charge in [0.2, 0.25) is 0 Å². The van der Waals surface area contributed by atoms with Crippen LogP contribution in [-0.4, -0.2) is 14.5 Å². The third kappa shape index (κ3) is 2.01. The summed E-state index contributed by atoms with van der Waals surface area (Å²) in [6, 6.07) is 0. The van der Waals surface area contributed by atoms with Crippen molar-refractivity contribution in [1.82, 2.24) is 5.32 Å². The molecule has 1 aliphatic heterocycles. The van der Waals surface area contributed by atoms with Crippen LogP contribution >= 0.6 is 45.2 Å². The largest absolute Gasteiger partial charge is 0.315 e. The molecule has 7 heavy (non-hydrogen) atoms. The van der Waals surface area contributed by atoms with Crippen LogP contribution < -0.4 is 5.32 Å². The van der Waals surface area contributed by atoms with Gasteiger partial charge in [-0.1, -0.05) is 45.2 Å². The van der Waals surface area contributed by atoms with Gasteiger partial charge in [-0.3, -0.25) is 0 Å². The van der Waals surface area contributed by atoms with Gasteiger partial charge in [-0.15, -0.1) is 0 Å². The topological polar surface area (TPSA) is 12.0 Å². The van der Waals surface area contributed by atoms with Crippen LogP contribution in [0.1, 0.15) is 6.42 Å². The first-order valence-electron chi connectivity index (χ1n) is 2.29. The summed E-state index contributed by atoms with van der Waals surface area (Å²) in [5.41, 5.74) is 0. The molecule has 42 valence electrons. The molecule has 1 rings (SSSR count). The molecule has 0 radical (unpaired) electrons. The molecule has 1 N–H and O–H groups in total. The van der Waals surface area contributed by atoms with E-state index in [-0.39, 0.29) is 0 Å². The van der Waals surface area contributed by atoms with Crippen molar-refractivity contribution >= 4 is 45.2 Å². The minimum Gasteiger partial charge on any atom is -0.315 e. The quantitative estimate of drug-likeness (QED) is 0.527. The van der Waals surface area contributed by atoms with E-state index in [0.717, 1.165) is 0 Å². The van der Waals surface area contributed by atoms with Crippen LogP contribution in [0.4, 0.5) is 0 Å². The molecule has 0 amide bonds. The van der Waals surface area contributed by atoms with Crippen LogP contribution in [0.3, 0.4) is 0 Å². The highest BCUT2D eigenvalue weighted by atomic mass is 127. The van der Waals surface area contributed by atoms with Crippen molar-refractivity contribution in [2.24, 2.45) is 0 Å². The van der Waals surface area contributed by atoms with E-state index in [0.29, 0.717) is 1.43 Å². The second kappa shape index (κ2) is 2.34. The molecule has 1 aliphatic rings.